The third-order valence-electron chi connectivity index (χ3n) is 9.20. The molecule has 7 rings (SSSR count). The third kappa shape index (κ3) is 12.5. The van der Waals surface area contributed by atoms with Crippen molar-refractivity contribution in [3.8, 4) is 23.0 Å². The van der Waals surface area contributed by atoms with Gasteiger partial charge in [-0.2, -0.15) is 33.7 Å². The van der Waals surface area contributed by atoms with Gasteiger partial charge in [-0.15, -0.1) is 0 Å². The summed E-state index contributed by atoms with van der Waals surface area (Å²) in [6, 6.07) is 36.6. The van der Waals surface area contributed by atoms with Gasteiger partial charge in [0.2, 0.25) is 0 Å². The first-order chi connectivity index (χ1) is 32.2. The number of rotatable bonds is 16. The van der Waals surface area contributed by atoms with E-state index in [0.717, 1.165) is 35.4 Å². The van der Waals surface area contributed by atoms with Gasteiger partial charge in [-0.25, -0.2) is 9.59 Å². The molecule has 68 heavy (non-hydrogen) atoms. The predicted molar refractivity (Wildman–Crippen MR) is 251 cm³/mol. The van der Waals surface area contributed by atoms with Gasteiger partial charge in [-0.05, 0) is 98.8 Å². The topological polar surface area (TPSA) is 256 Å². The molecule has 0 unspecified atom stereocenters. The summed E-state index contributed by atoms with van der Waals surface area (Å²) in [6.45, 7) is 3.61. The van der Waals surface area contributed by atoms with Crippen LogP contribution >= 0.6 is 0 Å². The highest BCUT2D eigenvalue weighted by Gasteiger charge is 2.30. The molecule has 0 aliphatic rings. The first-order valence-electron chi connectivity index (χ1n) is 19.8. The summed E-state index contributed by atoms with van der Waals surface area (Å²) in [6.07, 6.45) is 0. The summed E-state index contributed by atoms with van der Waals surface area (Å²) in [7, 11) is -18.1. The van der Waals surface area contributed by atoms with Gasteiger partial charge in [0.05, 0.1) is 0 Å². The van der Waals surface area contributed by atoms with Crippen LogP contribution in [0.25, 0.3) is 0 Å². The maximum atomic E-state index is 13.6. The van der Waals surface area contributed by atoms with Crippen LogP contribution in [0, 0.1) is 13.8 Å². The van der Waals surface area contributed by atoms with Crippen LogP contribution in [-0.2, 0) is 40.5 Å². The molecule has 7 aromatic rings. The fourth-order valence-electron chi connectivity index (χ4n) is 6.06. The highest BCUT2D eigenvalue weighted by Crippen LogP contribution is 2.30. The fraction of sp³-hybridized carbons (Fsp3) is 0.0435. The lowest BCUT2D eigenvalue weighted by molar-refractivity contribution is 0.261. The maximum Gasteiger partial charge on any atom is 0.340 e. The minimum absolute atomic E-state index is 0.0582. The molecule has 0 saturated carbocycles. The van der Waals surface area contributed by atoms with E-state index >= 15 is 0 Å². The van der Waals surface area contributed by atoms with Gasteiger partial charge in [0.15, 0.2) is 0 Å². The van der Waals surface area contributed by atoms with E-state index in [1.165, 1.54) is 121 Å². The van der Waals surface area contributed by atoms with E-state index in [-0.39, 0.29) is 55.5 Å². The van der Waals surface area contributed by atoms with Crippen molar-refractivity contribution >= 4 is 75.3 Å². The largest absolute Gasteiger partial charge is 0.379 e. The lowest BCUT2D eigenvalue weighted by Gasteiger charge is -2.14. The van der Waals surface area contributed by atoms with Crippen LogP contribution in [0.5, 0.6) is 23.0 Å². The predicted octanol–water partition coefficient (Wildman–Crippen LogP) is 8.66. The summed E-state index contributed by atoms with van der Waals surface area (Å²) in [5.41, 5.74) is 2.14. The summed E-state index contributed by atoms with van der Waals surface area (Å²) in [4.78, 5) is 24.2. The van der Waals surface area contributed by atoms with Crippen molar-refractivity contribution in [2.45, 2.75) is 33.4 Å². The van der Waals surface area contributed by atoms with Crippen molar-refractivity contribution in [1.82, 2.24) is 0 Å². The minimum Gasteiger partial charge on any atom is -0.379 e. The molecule has 350 valence electrons. The van der Waals surface area contributed by atoms with Gasteiger partial charge in [0.1, 0.15) is 42.6 Å². The molecule has 0 bridgehead atoms. The molecule has 0 spiro atoms. The van der Waals surface area contributed by atoms with Gasteiger partial charge in [-0.1, -0.05) is 71.8 Å². The quantitative estimate of drug-likeness (QED) is 0.0661. The monoisotopic (exact) mass is 998 g/mol. The summed E-state index contributed by atoms with van der Waals surface area (Å²) in [5.74, 6) is -0.773. The van der Waals surface area contributed by atoms with E-state index in [4.69, 9.17) is 16.7 Å². The Morgan fingerprint density at radius 3 is 0.882 bits per heavy atom. The summed E-state index contributed by atoms with van der Waals surface area (Å²) >= 11 is 0. The SMILES string of the molecule is Cc1ccc(S(=O)(=O)Oc2cccc(NC(=O)Nc3cccc(OS(=O)(=O)c4ccccc4S(=O)(=O)Oc4cccc(NC(=O)Nc5cccc(OS(=O)(=O)c6ccc(C)cc6)c5)c4)c3)c2)cc1. The molecule has 4 N–H and O–H groups in total. The van der Waals surface area contributed by atoms with Gasteiger partial charge in [-0.3, -0.25) is 0 Å². The molecule has 0 aliphatic carbocycles. The lowest BCUT2D eigenvalue weighted by atomic mass is 10.2. The Hall–Kier alpha value is -7.92. The molecule has 0 heterocycles. The normalized spacial score (nSPS) is 11.7. The van der Waals surface area contributed by atoms with Gasteiger partial charge < -0.3 is 38.0 Å². The van der Waals surface area contributed by atoms with Crippen LogP contribution < -0.4 is 38.0 Å². The number of carbonyl (C=O) groups excluding carboxylic acids is 2. The molecule has 0 fully saturated rings. The first kappa shape index (κ1) is 48.0. The Labute approximate surface area is 392 Å². The van der Waals surface area contributed by atoms with Crippen molar-refractivity contribution in [2.75, 3.05) is 21.3 Å². The molecular formula is C46H38N4O14S4. The zero-order valence-electron chi connectivity index (χ0n) is 35.5. The van der Waals surface area contributed by atoms with Crippen LogP contribution in [0.1, 0.15) is 11.1 Å². The number of carbonyl (C=O) groups is 2. The standard InChI is InChI=1S/C46H38N4O14S4/c1-31-19-23-41(24-20-31)65(53,54)61-37-13-5-9-33(27-37)47-45(51)49-35-11-7-15-39(29-35)63-67(57,58)43-17-3-4-18-44(43)68(59,60)64-40-16-8-12-36(30-40)50-46(52)48-34-10-6-14-38(28-34)62-66(55,56)42-25-21-32(2)22-26-42/h3-30H,1-2H3,(H2,47,49,51)(H2,48,50,52). The van der Waals surface area contributed by atoms with Crippen LogP contribution in [-0.4, -0.2) is 45.7 Å². The number of urea groups is 2. The van der Waals surface area contributed by atoms with Crippen LogP contribution in [0.15, 0.2) is 189 Å². The van der Waals surface area contributed by atoms with Gasteiger partial charge in [0, 0.05) is 47.0 Å². The van der Waals surface area contributed by atoms with Gasteiger partial charge in [0.25, 0.3) is 0 Å². The van der Waals surface area contributed by atoms with Crippen molar-refractivity contribution in [3.63, 3.8) is 0 Å². The maximum absolute atomic E-state index is 13.6. The van der Waals surface area contributed by atoms with E-state index in [1.807, 2.05) is 0 Å². The number of anilines is 4. The molecule has 18 nitrogen and oxygen atoms in total. The van der Waals surface area contributed by atoms with Crippen LogP contribution in [0.2, 0.25) is 0 Å². The third-order valence-corrected chi connectivity index (χ3v) is 14.5. The summed E-state index contributed by atoms with van der Waals surface area (Å²) < 4.78 is 127. The second-order valence-electron chi connectivity index (χ2n) is 14.5. The number of benzene rings is 7. The highest BCUT2D eigenvalue weighted by atomic mass is 32.2. The Kier molecular flexibility index (Phi) is 14.1. The molecule has 0 aliphatic heterocycles. The number of aryl methyl sites for hydroxylation is 2. The zero-order chi connectivity index (χ0) is 48.7. The Morgan fingerprint density at radius 1 is 0.338 bits per heavy atom. The number of hydrogen-bond acceptors (Lipinski definition) is 14. The number of amides is 4. The molecule has 0 atom stereocenters. The van der Waals surface area contributed by atoms with Gasteiger partial charge >= 0.3 is 52.5 Å². The van der Waals surface area contributed by atoms with Crippen molar-refractivity contribution in [1.29, 1.82) is 0 Å². The minimum atomic E-state index is -4.90. The highest BCUT2D eigenvalue weighted by molar-refractivity contribution is 7.90. The van der Waals surface area contributed by atoms with E-state index in [1.54, 1.807) is 38.1 Å². The summed E-state index contributed by atoms with van der Waals surface area (Å²) in [5, 5.41) is 10.1. The smallest absolute Gasteiger partial charge is 0.340 e. The Balaban J connectivity index is 0.971. The molecule has 0 aromatic heterocycles. The number of hydrogen-bond donors (Lipinski definition) is 4. The first-order valence-corrected chi connectivity index (χ1v) is 25.4. The number of nitrogens with one attached hydrogen (secondary N) is 4. The average Bonchev–Trinajstić information content (AvgIpc) is 3.26. The van der Waals surface area contributed by atoms with E-state index in [0.29, 0.717) is 0 Å². The second-order valence-corrected chi connectivity index (χ2v) is 20.6. The van der Waals surface area contributed by atoms with Crippen LogP contribution in [0.4, 0.5) is 32.3 Å². The van der Waals surface area contributed by atoms with Crippen molar-refractivity contribution < 1.29 is 60.0 Å². The zero-order valence-corrected chi connectivity index (χ0v) is 38.8. The van der Waals surface area contributed by atoms with E-state index < -0.39 is 62.3 Å². The molecule has 0 radical (unpaired) electrons. The lowest BCUT2D eigenvalue weighted by Crippen LogP contribution is -2.20. The molecule has 7 aromatic carbocycles. The fourth-order valence-corrected chi connectivity index (χ4v) is 10.5. The molecule has 22 heteroatoms. The van der Waals surface area contributed by atoms with E-state index in [2.05, 4.69) is 21.3 Å². The Bertz CT molecular complexity index is 3250. The Morgan fingerprint density at radius 2 is 0.603 bits per heavy atom. The molecular weight excluding hydrogens is 961 g/mol. The van der Waals surface area contributed by atoms with Crippen molar-refractivity contribution in [2.24, 2.45) is 0 Å². The molecule has 0 saturated heterocycles. The average molecular weight is 999 g/mol. The van der Waals surface area contributed by atoms with Crippen LogP contribution in [0.3, 0.4) is 0 Å². The molecule has 4 amide bonds. The second kappa shape index (κ2) is 19.9. The van der Waals surface area contributed by atoms with Crippen molar-refractivity contribution in [3.05, 3.63) is 181 Å². The van der Waals surface area contributed by atoms with E-state index in [9.17, 15) is 43.3 Å².